The quantitative estimate of drug-likeness (QED) is 0.637. The summed E-state index contributed by atoms with van der Waals surface area (Å²) < 4.78 is 17.8. The van der Waals surface area contributed by atoms with E-state index in [9.17, 15) is 19.8 Å². The number of carbonyl (C=O) groups is 2. The van der Waals surface area contributed by atoms with E-state index >= 15 is 0 Å². The summed E-state index contributed by atoms with van der Waals surface area (Å²) in [5.74, 6) is -1.40. The van der Waals surface area contributed by atoms with Gasteiger partial charge in [0.1, 0.15) is 12.2 Å². The number of carbonyl (C=O) groups excluding carboxylic acids is 2. The summed E-state index contributed by atoms with van der Waals surface area (Å²) in [5, 5.41) is 20.9. The Bertz CT molecular complexity index is 720. The second-order valence-electron chi connectivity index (χ2n) is 10.6. The number of rotatable bonds is 1. The van der Waals surface area contributed by atoms with Gasteiger partial charge < -0.3 is 24.4 Å². The lowest BCUT2D eigenvalue weighted by atomic mass is 9.43. The molecular formula is C22H34O7. The van der Waals surface area contributed by atoms with E-state index in [0.29, 0.717) is 32.3 Å². The lowest BCUT2D eigenvalue weighted by molar-refractivity contribution is -0.266. The second kappa shape index (κ2) is 6.49. The fourth-order valence-corrected chi connectivity index (χ4v) is 7.25. The number of esters is 1. The summed E-state index contributed by atoms with van der Waals surface area (Å²) in [6.07, 6.45) is 0.800. The number of aliphatic hydroxyl groups excluding tert-OH is 2. The topological polar surface area (TPSA) is 102 Å². The highest BCUT2D eigenvalue weighted by molar-refractivity contribution is 5.89. The van der Waals surface area contributed by atoms with Gasteiger partial charge in [0.15, 0.2) is 12.1 Å². The lowest BCUT2D eigenvalue weighted by Crippen LogP contribution is -2.71. The molecule has 2 heterocycles. The van der Waals surface area contributed by atoms with Crippen LogP contribution in [0.3, 0.4) is 0 Å². The molecule has 0 unspecified atom stereocenters. The van der Waals surface area contributed by atoms with E-state index in [4.69, 9.17) is 14.2 Å². The zero-order valence-electron chi connectivity index (χ0n) is 18.1. The van der Waals surface area contributed by atoms with Crippen molar-refractivity contribution < 1.29 is 34.0 Å². The number of aliphatic hydroxyl groups is 2. The smallest absolute Gasteiger partial charge is 0.302 e. The van der Waals surface area contributed by atoms with Crippen molar-refractivity contribution in [2.24, 2.45) is 22.7 Å². The Morgan fingerprint density at radius 1 is 1.17 bits per heavy atom. The van der Waals surface area contributed by atoms with E-state index in [0.717, 1.165) is 6.42 Å². The third-order valence-corrected chi connectivity index (χ3v) is 8.63. The van der Waals surface area contributed by atoms with E-state index in [1.807, 2.05) is 20.8 Å². The molecule has 2 saturated heterocycles. The molecule has 0 radical (unpaired) electrons. The van der Waals surface area contributed by atoms with Crippen molar-refractivity contribution in [3.05, 3.63) is 0 Å². The maximum absolute atomic E-state index is 13.4. The molecular weight excluding hydrogens is 376 g/mol. The Hall–Kier alpha value is -1.02. The molecule has 29 heavy (non-hydrogen) atoms. The van der Waals surface area contributed by atoms with Crippen LogP contribution in [0.15, 0.2) is 0 Å². The molecule has 0 aromatic rings. The molecule has 2 N–H and O–H groups in total. The van der Waals surface area contributed by atoms with Crippen LogP contribution in [0.25, 0.3) is 0 Å². The van der Waals surface area contributed by atoms with Gasteiger partial charge in [0.2, 0.25) is 0 Å². The predicted molar refractivity (Wildman–Crippen MR) is 103 cm³/mol. The SMILES string of the molecule is CC(=O)O[C@@H]1CC[C@@]2(C)[C@@H](C(=O)[C@H](O)[C@@H](C)[C@]23CC[C@]2(CO[C@H](O)C2)O3)C1(C)C. The molecule has 2 saturated carbocycles. The van der Waals surface area contributed by atoms with Gasteiger partial charge in [0, 0.05) is 36.0 Å². The van der Waals surface area contributed by atoms with Gasteiger partial charge in [-0.05, 0) is 25.7 Å². The van der Waals surface area contributed by atoms with Crippen LogP contribution in [0.2, 0.25) is 0 Å². The van der Waals surface area contributed by atoms with E-state index < -0.39 is 40.3 Å². The summed E-state index contributed by atoms with van der Waals surface area (Å²) in [6.45, 7) is 9.65. The van der Waals surface area contributed by atoms with Gasteiger partial charge in [0.05, 0.1) is 17.8 Å². The molecule has 7 nitrogen and oxygen atoms in total. The number of ketones is 1. The second-order valence-corrected chi connectivity index (χ2v) is 10.6. The van der Waals surface area contributed by atoms with Crippen molar-refractivity contribution in [2.75, 3.05) is 6.61 Å². The largest absolute Gasteiger partial charge is 0.462 e. The molecule has 8 atom stereocenters. The van der Waals surface area contributed by atoms with Gasteiger partial charge in [-0.2, -0.15) is 0 Å². The minimum Gasteiger partial charge on any atom is -0.462 e. The number of Topliss-reactive ketones (excluding diaryl/α,β-unsaturated/α-hetero) is 1. The molecule has 2 aliphatic carbocycles. The standard InChI is InChI=1S/C22H34O7/c1-12-16(25)17(26)18-19(3,4)14(28-13(2)23)6-7-20(18,5)22(12)9-8-21(29-22)10-15(24)27-11-21/h12,14-16,18,24-25H,6-11H2,1-5H3/t12-,14-,15+,16-,18+,20+,21+,22-/m1/s1. The zero-order chi connectivity index (χ0) is 21.4. The fraction of sp³-hybridized carbons (Fsp3) is 0.909. The van der Waals surface area contributed by atoms with Crippen molar-refractivity contribution in [1.82, 2.24) is 0 Å². The zero-order valence-corrected chi connectivity index (χ0v) is 18.1. The Morgan fingerprint density at radius 2 is 1.86 bits per heavy atom. The Labute approximate surface area is 172 Å². The fourth-order valence-electron chi connectivity index (χ4n) is 7.25. The van der Waals surface area contributed by atoms with E-state index in [1.165, 1.54) is 6.92 Å². The van der Waals surface area contributed by atoms with Crippen molar-refractivity contribution in [1.29, 1.82) is 0 Å². The van der Waals surface area contributed by atoms with Crippen LogP contribution in [0.1, 0.15) is 66.7 Å². The summed E-state index contributed by atoms with van der Waals surface area (Å²) in [7, 11) is 0. The highest BCUT2D eigenvalue weighted by atomic mass is 16.6. The Morgan fingerprint density at radius 3 is 2.45 bits per heavy atom. The van der Waals surface area contributed by atoms with E-state index in [-0.39, 0.29) is 23.8 Å². The molecule has 4 fully saturated rings. The van der Waals surface area contributed by atoms with Crippen LogP contribution in [-0.2, 0) is 23.8 Å². The molecule has 0 aromatic heterocycles. The highest BCUT2D eigenvalue weighted by Gasteiger charge is 2.73. The van der Waals surface area contributed by atoms with Crippen LogP contribution < -0.4 is 0 Å². The number of ether oxygens (including phenoxy) is 3. The molecule has 2 aliphatic heterocycles. The van der Waals surface area contributed by atoms with Gasteiger partial charge in [-0.1, -0.05) is 27.7 Å². The first-order valence-corrected chi connectivity index (χ1v) is 10.8. The Balaban J connectivity index is 1.77. The van der Waals surface area contributed by atoms with Gasteiger partial charge in [0.25, 0.3) is 0 Å². The minimum atomic E-state index is -1.13. The van der Waals surface area contributed by atoms with Crippen LogP contribution >= 0.6 is 0 Å². The summed E-state index contributed by atoms with van der Waals surface area (Å²) >= 11 is 0. The first kappa shape index (κ1) is 21.2. The van der Waals surface area contributed by atoms with E-state index in [2.05, 4.69) is 6.92 Å². The highest BCUT2D eigenvalue weighted by Crippen LogP contribution is 2.67. The summed E-state index contributed by atoms with van der Waals surface area (Å²) in [5.41, 5.74) is -2.41. The molecule has 4 aliphatic rings. The molecule has 0 amide bonds. The Kier molecular flexibility index (Phi) is 4.75. The third-order valence-electron chi connectivity index (χ3n) is 8.63. The van der Waals surface area contributed by atoms with Gasteiger partial charge >= 0.3 is 5.97 Å². The molecule has 0 aromatic carbocycles. The summed E-state index contributed by atoms with van der Waals surface area (Å²) in [6, 6.07) is 0. The van der Waals surface area contributed by atoms with Gasteiger partial charge in [-0.25, -0.2) is 0 Å². The number of hydrogen-bond acceptors (Lipinski definition) is 7. The van der Waals surface area contributed by atoms with Crippen LogP contribution in [0.4, 0.5) is 0 Å². The van der Waals surface area contributed by atoms with Crippen LogP contribution in [0.5, 0.6) is 0 Å². The van der Waals surface area contributed by atoms with Crippen LogP contribution in [0, 0.1) is 22.7 Å². The van der Waals surface area contributed by atoms with Crippen molar-refractivity contribution >= 4 is 11.8 Å². The average molecular weight is 411 g/mol. The van der Waals surface area contributed by atoms with Crippen molar-refractivity contribution in [3.63, 3.8) is 0 Å². The first-order chi connectivity index (χ1) is 13.4. The number of hydrogen-bond donors (Lipinski definition) is 2. The molecule has 0 bridgehead atoms. The molecule has 2 spiro atoms. The third kappa shape index (κ3) is 2.77. The molecule has 164 valence electrons. The van der Waals surface area contributed by atoms with Gasteiger partial charge in [-0.3, -0.25) is 9.59 Å². The number of fused-ring (bicyclic) bond motifs is 2. The average Bonchev–Trinajstić information content (AvgIpc) is 3.18. The van der Waals surface area contributed by atoms with Gasteiger partial charge in [-0.15, -0.1) is 0 Å². The monoisotopic (exact) mass is 410 g/mol. The van der Waals surface area contributed by atoms with Crippen molar-refractivity contribution in [2.45, 2.75) is 96.4 Å². The lowest BCUT2D eigenvalue weighted by Gasteiger charge is -2.64. The maximum Gasteiger partial charge on any atom is 0.302 e. The normalized spacial score (nSPS) is 51.4. The predicted octanol–water partition coefficient (Wildman–Crippen LogP) is 1.97. The van der Waals surface area contributed by atoms with Crippen LogP contribution in [-0.4, -0.2) is 58.3 Å². The minimum absolute atomic E-state index is 0.181. The van der Waals surface area contributed by atoms with Crippen molar-refractivity contribution in [3.8, 4) is 0 Å². The maximum atomic E-state index is 13.4. The molecule has 4 rings (SSSR count). The summed E-state index contributed by atoms with van der Waals surface area (Å²) in [4.78, 5) is 25.1. The first-order valence-electron chi connectivity index (χ1n) is 10.8. The molecule has 7 heteroatoms. The van der Waals surface area contributed by atoms with E-state index in [1.54, 1.807) is 0 Å².